The molecule has 0 aliphatic carbocycles. The van der Waals surface area contributed by atoms with E-state index in [0.29, 0.717) is 24.8 Å². The summed E-state index contributed by atoms with van der Waals surface area (Å²) in [6.45, 7) is 4.49. The van der Waals surface area contributed by atoms with Crippen LogP contribution in [-0.4, -0.2) is 67.3 Å². The fourth-order valence-electron chi connectivity index (χ4n) is 3.06. The summed E-state index contributed by atoms with van der Waals surface area (Å²) >= 11 is 0. The first-order valence-electron chi connectivity index (χ1n) is 7.00. The van der Waals surface area contributed by atoms with Crippen LogP contribution >= 0.6 is 0 Å². The Morgan fingerprint density at radius 1 is 1.47 bits per heavy atom. The summed E-state index contributed by atoms with van der Waals surface area (Å²) < 4.78 is 5.04. The molecule has 19 heavy (non-hydrogen) atoms. The number of piperidine rings is 1. The lowest BCUT2D eigenvalue weighted by atomic mass is 9.85. The van der Waals surface area contributed by atoms with Gasteiger partial charge in [0.15, 0.2) is 0 Å². The number of esters is 1. The third-order valence-corrected chi connectivity index (χ3v) is 3.97. The molecular formula is C14H24N2O3. The molecule has 0 aromatic heterocycles. The molecular weight excluding hydrogens is 244 g/mol. The maximum atomic E-state index is 11.9. The fraction of sp³-hybridized carbons (Fsp3) is 0.786. The standard InChI is InChI=1S/C14H24N2O3/c1-4-19-14(18)12-9-16-7-10(13(12)17)5-6-11(16)8-15(2)3/h10-11,17H,4-9H2,1-3H3. The predicted molar refractivity (Wildman–Crippen MR) is 72.9 cm³/mol. The zero-order valence-corrected chi connectivity index (χ0v) is 12.1. The molecule has 0 aromatic carbocycles. The largest absolute Gasteiger partial charge is 0.511 e. The van der Waals surface area contributed by atoms with Crippen LogP contribution in [0, 0.1) is 5.92 Å². The van der Waals surface area contributed by atoms with Gasteiger partial charge in [-0.15, -0.1) is 0 Å². The highest BCUT2D eigenvalue weighted by Gasteiger charge is 2.38. The van der Waals surface area contributed by atoms with Crippen LogP contribution < -0.4 is 0 Å². The Hall–Kier alpha value is -1.07. The summed E-state index contributed by atoms with van der Waals surface area (Å²) in [7, 11) is 4.13. The molecule has 2 aliphatic rings. The Morgan fingerprint density at radius 2 is 2.21 bits per heavy atom. The van der Waals surface area contributed by atoms with Crippen LogP contribution in [0.15, 0.2) is 11.3 Å². The zero-order chi connectivity index (χ0) is 14.0. The molecule has 0 amide bonds. The molecule has 1 saturated heterocycles. The summed E-state index contributed by atoms with van der Waals surface area (Å²) in [5.41, 5.74) is 0.460. The predicted octanol–water partition coefficient (Wildman–Crippen LogP) is 1.02. The van der Waals surface area contributed by atoms with E-state index in [-0.39, 0.29) is 17.6 Å². The van der Waals surface area contributed by atoms with Crippen molar-refractivity contribution in [1.82, 2.24) is 9.80 Å². The van der Waals surface area contributed by atoms with E-state index < -0.39 is 0 Å². The summed E-state index contributed by atoms with van der Waals surface area (Å²) in [4.78, 5) is 16.4. The minimum absolute atomic E-state index is 0.103. The van der Waals surface area contributed by atoms with Gasteiger partial charge >= 0.3 is 5.97 Å². The van der Waals surface area contributed by atoms with E-state index in [4.69, 9.17) is 4.74 Å². The number of fused-ring (bicyclic) bond motifs is 2. The average Bonchev–Trinajstić information content (AvgIpc) is 2.36. The summed E-state index contributed by atoms with van der Waals surface area (Å²) in [6, 6.07) is 0.462. The van der Waals surface area contributed by atoms with Crippen LogP contribution in [0.2, 0.25) is 0 Å². The van der Waals surface area contributed by atoms with E-state index in [1.165, 1.54) is 0 Å². The Kier molecular flexibility index (Phi) is 4.47. The van der Waals surface area contributed by atoms with Crippen LogP contribution in [0.25, 0.3) is 0 Å². The molecule has 2 rings (SSSR count). The molecule has 3 unspecified atom stereocenters. The molecule has 0 aromatic rings. The lowest BCUT2D eigenvalue weighted by Crippen LogP contribution is -2.52. The van der Waals surface area contributed by atoms with Gasteiger partial charge in [-0.1, -0.05) is 0 Å². The minimum atomic E-state index is -0.361. The summed E-state index contributed by atoms with van der Waals surface area (Å²) in [6.07, 6.45) is 2.02. The first-order valence-corrected chi connectivity index (χ1v) is 7.00. The van der Waals surface area contributed by atoms with Crippen molar-refractivity contribution in [2.75, 3.05) is 40.3 Å². The van der Waals surface area contributed by atoms with Crippen molar-refractivity contribution in [2.24, 2.45) is 5.92 Å². The van der Waals surface area contributed by atoms with Gasteiger partial charge in [-0.3, -0.25) is 4.90 Å². The Bertz CT molecular complexity index is 379. The summed E-state index contributed by atoms with van der Waals surface area (Å²) in [5, 5.41) is 10.2. The molecule has 1 N–H and O–H groups in total. The van der Waals surface area contributed by atoms with Gasteiger partial charge in [-0.2, -0.15) is 0 Å². The molecule has 1 fully saturated rings. The maximum absolute atomic E-state index is 11.9. The fourth-order valence-corrected chi connectivity index (χ4v) is 3.06. The number of ether oxygens (including phenoxy) is 1. The van der Waals surface area contributed by atoms with E-state index in [9.17, 15) is 9.90 Å². The van der Waals surface area contributed by atoms with E-state index >= 15 is 0 Å². The Balaban J connectivity index is 2.12. The molecule has 3 atom stereocenters. The molecule has 2 heterocycles. The second-order valence-corrected chi connectivity index (χ2v) is 5.70. The highest BCUT2D eigenvalue weighted by Crippen LogP contribution is 2.33. The molecule has 5 heteroatoms. The topological polar surface area (TPSA) is 53.0 Å². The van der Waals surface area contributed by atoms with Crippen molar-refractivity contribution in [3.05, 3.63) is 11.3 Å². The van der Waals surface area contributed by atoms with Crippen molar-refractivity contribution in [1.29, 1.82) is 0 Å². The highest BCUT2D eigenvalue weighted by molar-refractivity contribution is 5.89. The van der Waals surface area contributed by atoms with Crippen LogP contribution in [0.1, 0.15) is 19.8 Å². The molecule has 108 valence electrons. The maximum Gasteiger partial charge on any atom is 0.338 e. The number of carbonyl (C=O) groups excluding carboxylic acids is 1. The van der Waals surface area contributed by atoms with Gasteiger partial charge < -0.3 is 14.7 Å². The minimum Gasteiger partial charge on any atom is -0.511 e. The third-order valence-electron chi connectivity index (χ3n) is 3.97. The molecule has 2 bridgehead atoms. The zero-order valence-electron chi connectivity index (χ0n) is 12.1. The Morgan fingerprint density at radius 3 is 2.84 bits per heavy atom. The quantitative estimate of drug-likeness (QED) is 0.771. The summed E-state index contributed by atoms with van der Waals surface area (Å²) in [5.74, 6) is 0.00442. The molecule has 0 spiro atoms. The first-order chi connectivity index (χ1) is 9.02. The van der Waals surface area contributed by atoms with Crippen molar-refractivity contribution >= 4 is 5.97 Å². The van der Waals surface area contributed by atoms with Crippen molar-refractivity contribution < 1.29 is 14.6 Å². The lowest BCUT2D eigenvalue weighted by molar-refractivity contribution is -0.139. The van der Waals surface area contributed by atoms with Crippen molar-refractivity contribution in [3.63, 3.8) is 0 Å². The van der Waals surface area contributed by atoms with Gasteiger partial charge in [0.25, 0.3) is 0 Å². The Labute approximate surface area is 114 Å². The monoisotopic (exact) mass is 268 g/mol. The van der Waals surface area contributed by atoms with Crippen LogP contribution in [0.5, 0.6) is 0 Å². The second-order valence-electron chi connectivity index (χ2n) is 5.70. The van der Waals surface area contributed by atoms with Gasteiger partial charge in [0.05, 0.1) is 12.2 Å². The number of rotatable bonds is 4. The van der Waals surface area contributed by atoms with E-state index in [0.717, 1.165) is 25.9 Å². The van der Waals surface area contributed by atoms with Crippen molar-refractivity contribution in [2.45, 2.75) is 25.8 Å². The number of hydrogen-bond acceptors (Lipinski definition) is 5. The van der Waals surface area contributed by atoms with Gasteiger partial charge in [0.2, 0.25) is 0 Å². The molecule has 2 aliphatic heterocycles. The third kappa shape index (κ3) is 3.09. The normalized spacial score (nSPS) is 30.6. The van der Waals surface area contributed by atoms with Crippen molar-refractivity contribution in [3.8, 4) is 0 Å². The lowest BCUT2D eigenvalue weighted by Gasteiger charge is -2.44. The number of nitrogens with zero attached hydrogens (tertiary/aromatic N) is 2. The SMILES string of the molecule is CCOC(=O)C1=C(O)C2CCC(CN(C)C)N(C1)C2. The number of carbonyl (C=O) groups is 1. The van der Waals surface area contributed by atoms with E-state index in [1.807, 2.05) is 0 Å². The number of likely N-dealkylation sites (N-methyl/N-ethyl adjacent to an activating group) is 1. The highest BCUT2D eigenvalue weighted by atomic mass is 16.5. The van der Waals surface area contributed by atoms with Gasteiger partial charge in [-0.05, 0) is 33.9 Å². The molecule has 5 nitrogen and oxygen atoms in total. The van der Waals surface area contributed by atoms with Gasteiger partial charge in [0.1, 0.15) is 5.76 Å². The van der Waals surface area contributed by atoms with E-state index in [2.05, 4.69) is 23.9 Å². The second kappa shape index (κ2) is 5.92. The van der Waals surface area contributed by atoms with Crippen LogP contribution in [-0.2, 0) is 9.53 Å². The molecule has 0 radical (unpaired) electrons. The van der Waals surface area contributed by atoms with Crippen LogP contribution in [0.3, 0.4) is 0 Å². The number of hydrogen-bond donors (Lipinski definition) is 1. The van der Waals surface area contributed by atoms with Gasteiger partial charge in [0, 0.05) is 31.6 Å². The van der Waals surface area contributed by atoms with Crippen LogP contribution in [0.4, 0.5) is 0 Å². The van der Waals surface area contributed by atoms with Gasteiger partial charge in [-0.25, -0.2) is 4.79 Å². The number of aliphatic hydroxyl groups excluding tert-OH is 1. The van der Waals surface area contributed by atoms with E-state index in [1.54, 1.807) is 6.92 Å². The smallest absolute Gasteiger partial charge is 0.338 e. The molecule has 0 saturated carbocycles. The number of aliphatic hydroxyl groups is 1. The average molecular weight is 268 g/mol. The first kappa shape index (κ1) is 14.3.